The molecule has 0 spiro atoms. The molecule has 0 fully saturated rings. The van der Waals surface area contributed by atoms with Gasteiger partial charge in [-0.15, -0.1) is 0 Å². The van der Waals surface area contributed by atoms with Gasteiger partial charge in [-0.05, 0) is 23.3 Å². The number of benzene rings is 2. The molecule has 24 heavy (non-hydrogen) atoms. The van der Waals surface area contributed by atoms with Crippen LogP contribution in [0.1, 0.15) is 23.6 Å². The lowest BCUT2D eigenvalue weighted by Crippen LogP contribution is -2.20. The highest BCUT2D eigenvalue weighted by atomic mass is 16.5. The Kier molecular flexibility index (Phi) is 6.03. The average molecular weight is 330 g/mol. The predicted molar refractivity (Wildman–Crippen MR) is 91.1 cm³/mol. The number of carbonyl (C=O) groups excluding carboxylic acids is 1. The van der Waals surface area contributed by atoms with Crippen molar-refractivity contribution < 1.29 is 19.0 Å². The van der Waals surface area contributed by atoms with Gasteiger partial charge in [0.2, 0.25) is 11.7 Å². The van der Waals surface area contributed by atoms with Crippen molar-refractivity contribution in [3.8, 4) is 17.2 Å². The monoisotopic (exact) mass is 330 g/mol. The van der Waals surface area contributed by atoms with Crippen LogP contribution >= 0.6 is 0 Å². The first kappa shape index (κ1) is 17.6. The molecule has 1 atom stereocenters. The van der Waals surface area contributed by atoms with E-state index in [0.29, 0.717) is 29.4 Å². The zero-order chi connectivity index (χ0) is 17.5. The fourth-order valence-corrected chi connectivity index (χ4v) is 2.34. The topological polar surface area (TPSA) is 96.8 Å². The first-order chi connectivity index (χ1) is 11.5. The lowest BCUT2D eigenvalue weighted by atomic mass is 10.0. The molecule has 2 aromatic carbocycles. The summed E-state index contributed by atoms with van der Waals surface area (Å²) in [5, 5.41) is 0. The van der Waals surface area contributed by atoms with Crippen LogP contribution in [0.2, 0.25) is 0 Å². The van der Waals surface area contributed by atoms with E-state index in [-0.39, 0.29) is 6.42 Å². The van der Waals surface area contributed by atoms with Gasteiger partial charge in [-0.3, -0.25) is 4.79 Å². The van der Waals surface area contributed by atoms with E-state index in [1.165, 1.54) is 14.2 Å². The van der Waals surface area contributed by atoms with Crippen LogP contribution in [0.25, 0.3) is 0 Å². The molecule has 0 aliphatic rings. The summed E-state index contributed by atoms with van der Waals surface area (Å²) < 4.78 is 16.6. The van der Waals surface area contributed by atoms with Gasteiger partial charge in [-0.2, -0.15) is 0 Å². The fourth-order valence-electron chi connectivity index (χ4n) is 2.34. The van der Waals surface area contributed by atoms with Crippen molar-refractivity contribution in [2.75, 3.05) is 14.2 Å². The van der Waals surface area contributed by atoms with Crippen molar-refractivity contribution in [2.24, 2.45) is 11.5 Å². The second-order valence-corrected chi connectivity index (χ2v) is 5.31. The van der Waals surface area contributed by atoms with E-state index < -0.39 is 11.9 Å². The molecule has 6 heteroatoms. The molecule has 1 amide bonds. The molecular weight excluding hydrogens is 308 g/mol. The molecule has 0 saturated heterocycles. The van der Waals surface area contributed by atoms with Gasteiger partial charge in [0.15, 0.2) is 11.5 Å². The van der Waals surface area contributed by atoms with Crippen LogP contribution in [-0.2, 0) is 11.4 Å². The molecule has 2 rings (SSSR count). The first-order valence-electron chi connectivity index (χ1n) is 7.51. The molecule has 0 bridgehead atoms. The number of nitrogens with two attached hydrogens (primary N) is 2. The van der Waals surface area contributed by atoms with Crippen LogP contribution in [0.3, 0.4) is 0 Å². The number of methoxy groups -OCH3 is 2. The molecule has 0 aliphatic carbocycles. The minimum Gasteiger partial charge on any atom is -0.493 e. The van der Waals surface area contributed by atoms with E-state index in [9.17, 15) is 4.79 Å². The summed E-state index contributed by atoms with van der Waals surface area (Å²) in [6, 6.07) is 12.7. The Morgan fingerprint density at radius 2 is 1.75 bits per heavy atom. The number of hydrogen-bond donors (Lipinski definition) is 2. The summed E-state index contributed by atoms with van der Waals surface area (Å²) in [6.45, 7) is 0.370. The Balaban J connectivity index is 2.30. The molecule has 0 heterocycles. The Bertz CT molecular complexity index is 689. The molecule has 0 saturated carbocycles. The molecule has 2 aromatic rings. The largest absolute Gasteiger partial charge is 0.493 e. The van der Waals surface area contributed by atoms with Crippen molar-refractivity contribution in [1.29, 1.82) is 0 Å². The highest BCUT2D eigenvalue weighted by Gasteiger charge is 2.18. The second-order valence-electron chi connectivity index (χ2n) is 5.31. The Labute approximate surface area is 141 Å². The SMILES string of the molecule is COc1cc(C(N)CC(N)=O)cc(OCc2ccccc2)c1OC. The maximum atomic E-state index is 11.1. The van der Waals surface area contributed by atoms with E-state index in [4.69, 9.17) is 25.7 Å². The third-order valence-corrected chi connectivity index (χ3v) is 3.55. The number of ether oxygens (including phenoxy) is 3. The quantitative estimate of drug-likeness (QED) is 0.773. The van der Waals surface area contributed by atoms with Crippen molar-refractivity contribution >= 4 is 5.91 Å². The smallest absolute Gasteiger partial charge is 0.219 e. The molecule has 128 valence electrons. The predicted octanol–water partition coefficient (Wildman–Crippen LogP) is 2.16. The van der Waals surface area contributed by atoms with Crippen molar-refractivity contribution in [3.63, 3.8) is 0 Å². The van der Waals surface area contributed by atoms with E-state index in [1.54, 1.807) is 12.1 Å². The minimum absolute atomic E-state index is 0.0353. The van der Waals surface area contributed by atoms with Crippen LogP contribution in [0, 0.1) is 0 Å². The molecule has 6 nitrogen and oxygen atoms in total. The van der Waals surface area contributed by atoms with Gasteiger partial charge in [0.05, 0.1) is 14.2 Å². The van der Waals surface area contributed by atoms with E-state index in [0.717, 1.165) is 5.56 Å². The van der Waals surface area contributed by atoms with Gasteiger partial charge in [0, 0.05) is 12.5 Å². The van der Waals surface area contributed by atoms with Crippen LogP contribution < -0.4 is 25.7 Å². The van der Waals surface area contributed by atoms with Crippen molar-refractivity contribution in [1.82, 2.24) is 0 Å². The standard InChI is InChI=1S/C18H22N2O4/c1-22-15-8-13(14(19)10-17(20)21)9-16(18(15)23-2)24-11-12-6-4-3-5-7-12/h3-9,14H,10-11,19H2,1-2H3,(H2,20,21). The summed E-state index contributed by atoms with van der Waals surface area (Å²) in [6.07, 6.45) is 0.0353. The maximum absolute atomic E-state index is 11.1. The summed E-state index contributed by atoms with van der Waals surface area (Å²) in [4.78, 5) is 11.1. The lowest BCUT2D eigenvalue weighted by molar-refractivity contribution is -0.118. The van der Waals surface area contributed by atoms with Gasteiger partial charge in [0.1, 0.15) is 6.61 Å². The number of hydrogen-bond acceptors (Lipinski definition) is 5. The number of primary amides is 1. The minimum atomic E-state index is -0.540. The summed E-state index contributed by atoms with van der Waals surface area (Å²) >= 11 is 0. The molecule has 0 radical (unpaired) electrons. The average Bonchev–Trinajstić information content (AvgIpc) is 2.59. The van der Waals surface area contributed by atoms with Crippen LogP contribution in [0.5, 0.6) is 17.2 Å². The van der Waals surface area contributed by atoms with Gasteiger partial charge in [0.25, 0.3) is 0 Å². The van der Waals surface area contributed by atoms with Crippen LogP contribution in [0.4, 0.5) is 0 Å². The van der Waals surface area contributed by atoms with Crippen molar-refractivity contribution in [3.05, 3.63) is 53.6 Å². The van der Waals surface area contributed by atoms with Gasteiger partial charge < -0.3 is 25.7 Å². The Hall–Kier alpha value is -2.73. The first-order valence-corrected chi connectivity index (χ1v) is 7.51. The van der Waals surface area contributed by atoms with Crippen LogP contribution in [0.15, 0.2) is 42.5 Å². The van der Waals surface area contributed by atoms with Gasteiger partial charge in [-0.1, -0.05) is 30.3 Å². The molecule has 1 unspecified atom stereocenters. The number of rotatable bonds is 8. The van der Waals surface area contributed by atoms with E-state index in [1.807, 2.05) is 30.3 Å². The number of carbonyl (C=O) groups is 1. The summed E-state index contributed by atoms with van der Waals surface area (Å²) in [7, 11) is 3.07. The second kappa shape index (κ2) is 8.21. The van der Waals surface area contributed by atoms with E-state index >= 15 is 0 Å². The molecule has 0 aromatic heterocycles. The fraction of sp³-hybridized carbons (Fsp3) is 0.278. The Morgan fingerprint density at radius 1 is 1.08 bits per heavy atom. The Morgan fingerprint density at radius 3 is 2.33 bits per heavy atom. The summed E-state index contributed by atoms with van der Waals surface area (Å²) in [5.74, 6) is 0.987. The summed E-state index contributed by atoms with van der Waals surface area (Å²) in [5.41, 5.74) is 13.0. The zero-order valence-electron chi connectivity index (χ0n) is 13.8. The zero-order valence-corrected chi connectivity index (χ0v) is 13.8. The normalized spacial score (nSPS) is 11.6. The number of amides is 1. The highest BCUT2D eigenvalue weighted by Crippen LogP contribution is 2.40. The van der Waals surface area contributed by atoms with Gasteiger partial charge >= 0.3 is 0 Å². The molecule has 4 N–H and O–H groups in total. The maximum Gasteiger partial charge on any atom is 0.219 e. The van der Waals surface area contributed by atoms with E-state index in [2.05, 4.69) is 0 Å². The van der Waals surface area contributed by atoms with Crippen molar-refractivity contribution in [2.45, 2.75) is 19.1 Å². The molecule has 0 aliphatic heterocycles. The molecular formula is C18H22N2O4. The van der Waals surface area contributed by atoms with Gasteiger partial charge in [-0.25, -0.2) is 0 Å². The third kappa shape index (κ3) is 4.39. The third-order valence-electron chi connectivity index (χ3n) is 3.55. The highest BCUT2D eigenvalue weighted by molar-refractivity contribution is 5.74. The lowest BCUT2D eigenvalue weighted by Gasteiger charge is -2.18. The van der Waals surface area contributed by atoms with Crippen LogP contribution in [-0.4, -0.2) is 20.1 Å².